The minimum Gasteiger partial charge on any atom is -0.490 e. The zero-order valence-corrected chi connectivity index (χ0v) is 10.7. The van der Waals surface area contributed by atoms with E-state index in [0.717, 1.165) is 5.56 Å². The fourth-order valence-corrected chi connectivity index (χ4v) is 1.55. The maximum absolute atomic E-state index is 12.3. The summed E-state index contributed by atoms with van der Waals surface area (Å²) in [4.78, 5) is 0. The van der Waals surface area contributed by atoms with Gasteiger partial charge in [0.05, 0.1) is 6.61 Å². The number of nitrogens with one attached hydrogen (secondary N) is 1. The van der Waals surface area contributed by atoms with Crippen molar-refractivity contribution in [3.8, 4) is 11.5 Å². The molecular formula is C12H13F2N3O3. The molecule has 2 rings (SSSR count). The summed E-state index contributed by atoms with van der Waals surface area (Å²) in [5.74, 6) is 0.265. The zero-order chi connectivity index (χ0) is 14.4. The Balaban J connectivity index is 2.08. The maximum Gasteiger partial charge on any atom is 0.387 e. The van der Waals surface area contributed by atoms with Crippen molar-refractivity contribution in [2.24, 2.45) is 0 Å². The van der Waals surface area contributed by atoms with Crippen molar-refractivity contribution in [1.29, 1.82) is 0 Å². The molecule has 0 aliphatic heterocycles. The minimum absolute atomic E-state index is 0.00314. The maximum atomic E-state index is 12.3. The lowest BCUT2D eigenvalue weighted by Crippen LogP contribution is -2.06. The molecule has 0 saturated heterocycles. The van der Waals surface area contributed by atoms with Gasteiger partial charge in [0.1, 0.15) is 0 Å². The van der Waals surface area contributed by atoms with Gasteiger partial charge in [0.15, 0.2) is 11.5 Å². The minimum atomic E-state index is -2.89. The number of hydrogen-bond donors (Lipinski definition) is 1. The fraction of sp³-hybridized carbons (Fsp3) is 0.333. The van der Waals surface area contributed by atoms with Gasteiger partial charge < -0.3 is 19.2 Å². The number of anilines is 1. The van der Waals surface area contributed by atoms with E-state index < -0.39 is 6.61 Å². The summed E-state index contributed by atoms with van der Waals surface area (Å²) in [6.45, 7) is -0.399. The first kappa shape index (κ1) is 14.0. The van der Waals surface area contributed by atoms with Crippen LogP contribution in [-0.2, 0) is 6.54 Å². The largest absolute Gasteiger partial charge is 0.490 e. The number of halogens is 2. The molecular weight excluding hydrogens is 272 g/mol. The van der Waals surface area contributed by atoms with E-state index in [1.54, 1.807) is 19.1 Å². The highest BCUT2D eigenvalue weighted by Gasteiger charge is 2.11. The molecule has 6 nitrogen and oxygen atoms in total. The molecule has 0 amide bonds. The predicted molar refractivity (Wildman–Crippen MR) is 65.9 cm³/mol. The Bertz CT molecular complexity index is 535. The van der Waals surface area contributed by atoms with Gasteiger partial charge in [-0.25, -0.2) is 0 Å². The number of hydrogen-bond acceptors (Lipinski definition) is 6. The first-order chi connectivity index (χ1) is 9.69. The quantitative estimate of drug-likeness (QED) is 0.843. The Morgan fingerprint density at radius 1 is 1.35 bits per heavy atom. The van der Waals surface area contributed by atoms with Crippen LogP contribution in [0.15, 0.2) is 29.0 Å². The molecule has 20 heavy (non-hydrogen) atoms. The molecule has 0 saturated carbocycles. The van der Waals surface area contributed by atoms with E-state index in [1.165, 1.54) is 12.5 Å². The van der Waals surface area contributed by atoms with Crippen LogP contribution in [0, 0.1) is 0 Å². The summed E-state index contributed by atoms with van der Waals surface area (Å²) in [6, 6.07) is 4.96. The van der Waals surface area contributed by atoms with Gasteiger partial charge in [-0.3, -0.25) is 0 Å². The number of ether oxygens (including phenoxy) is 2. The van der Waals surface area contributed by atoms with Crippen molar-refractivity contribution in [3.63, 3.8) is 0 Å². The molecule has 108 valence electrons. The van der Waals surface area contributed by atoms with Crippen LogP contribution in [0.2, 0.25) is 0 Å². The van der Waals surface area contributed by atoms with Crippen molar-refractivity contribution in [3.05, 3.63) is 30.2 Å². The van der Waals surface area contributed by atoms with Gasteiger partial charge in [0.25, 0.3) is 0 Å². The van der Waals surface area contributed by atoms with Gasteiger partial charge in [-0.2, -0.15) is 8.78 Å². The highest BCUT2D eigenvalue weighted by atomic mass is 19.3. The summed E-state index contributed by atoms with van der Waals surface area (Å²) in [6.07, 6.45) is 1.20. The van der Waals surface area contributed by atoms with Gasteiger partial charge in [-0.1, -0.05) is 11.2 Å². The summed E-state index contributed by atoms with van der Waals surface area (Å²) in [5, 5.41) is 10.1. The lowest BCUT2D eigenvalue weighted by Gasteiger charge is -2.12. The van der Waals surface area contributed by atoms with Crippen LogP contribution in [0.25, 0.3) is 0 Å². The zero-order valence-electron chi connectivity index (χ0n) is 10.7. The van der Waals surface area contributed by atoms with Crippen molar-refractivity contribution in [2.75, 3.05) is 11.9 Å². The highest BCUT2D eigenvalue weighted by Crippen LogP contribution is 2.30. The van der Waals surface area contributed by atoms with Crippen LogP contribution in [0.5, 0.6) is 11.5 Å². The average molecular weight is 285 g/mol. The molecule has 0 bridgehead atoms. The topological polar surface area (TPSA) is 69.4 Å². The molecule has 2 aromatic rings. The van der Waals surface area contributed by atoms with Gasteiger partial charge >= 0.3 is 12.6 Å². The van der Waals surface area contributed by atoms with Crippen LogP contribution < -0.4 is 14.8 Å². The molecule has 0 atom stereocenters. The molecule has 1 heterocycles. The second-order valence-electron chi connectivity index (χ2n) is 3.69. The van der Waals surface area contributed by atoms with E-state index in [4.69, 9.17) is 9.15 Å². The van der Waals surface area contributed by atoms with Crippen molar-refractivity contribution in [1.82, 2.24) is 10.2 Å². The molecule has 1 aromatic carbocycles. The van der Waals surface area contributed by atoms with E-state index in [-0.39, 0.29) is 17.5 Å². The Morgan fingerprint density at radius 3 is 2.85 bits per heavy atom. The summed E-state index contributed by atoms with van der Waals surface area (Å²) in [5.41, 5.74) is 0.799. The molecule has 0 radical (unpaired) electrons. The third-order valence-corrected chi connectivity index (χ3v) is 2.33. The molecule has 1 aromatic heterocycles. The van der Waals surface area contributed by atoms with Gasteiger partial charge in [0.2, 0.25) is 6.39 Å². The highest BCUT2D eigenvalue weighted by molar-refractivity contribution is 5.43. The predicted octanol–water partition coefficient (Wildman–Crippen LogP) is 2.68. The van der Waals surface area contributed by atoms with Crippen LogP contribution in [0.3, 0.4) is 0 Å². The van der Waals surface area contributed by atoms with Gasteiger partial charge in [-0.05, 0) is 24.6 Å². The Labute approximate surface area is 113 Å². The summed E-state index contributed by atoms with van der Waals surface area (Å²) < 4.78 is 39.1. The summed E-state index contributed by atoms with van der Waals surface area (Å²) in [7, 11) is 0. The van der Waals surface area contributed by atoms with Gasteiger partial charge in [-0.15, -0.1) is 5.10 Å². The van der Waals surface area contributed by atoms with Crippen molar-refractivity contribution in [2.45, 2.75) is 20.1 Å². The standard InChI is InChI=1S/C12H13F2N3O3/c1-2-18-10-5-8(3-4-9(10)20-11(13)14)6-15-12-17-16-7-19-12/h3-5,7,11H,2,6H2,1H3,(H,15,17). The van der Waals surface area contributed by atoms with Crippen LogP contribution >= 0.6 is 0 Å². The molecule has 0 aliphatic carbocycles. The second-order valence-corrected chi connectivity index (χ2v) is 3.69. The van der Waals surface area contributed by atoms with Crippen LogP contribution in [0.4, 0.5) is 14.8 Å². The molecule has 0 aliphatic rings. The fourth-order valence-electron chi connectivity index (χ4n) is 1.55. The smallest absolute Gasteiger partial charge is 0.387 e. The Hall–Kier alpha value is -2.38. The van der Waals surface area contributed by atoms with E-state index in [9.17, 15) is 8.78 Å². The normalized spacial score (nSPS) is 10.6. The number of aromatic nitrogens is 2. The number of benzene rings is 1. The molecule has 1 N–H and O–H groups in total. The third kappa shape index (κ3) is 3.81. The molecule has 0 unspecified atom stereocenters. The van der Waals surface area contributed by atoms with Crippen molar-refractivity contribution >= 4 is 6.01 Å². The van der Waals surface area contributed by atoms with E-state index in [1.807, 2.05) is 0 Å². The summed E-state index contributed by atoms with van der Waals surface area (Å²) >= 11 is 0. The Kier molecular flexibility index (Phi) is 4.70. The first-order valence-corrected chi connectivity index (χ1v) is 5.89. The molecule has 0 spiro atoms. The average Bonchev–Trinajstić information content (AvgIpc) is 2.92. The van der Waals surface area contributed by atoms with E-state index >= 15 is 0 Å². The lowest BCUT2D eigenvalue weighted by molar-refractivity contribution is -0.0514. The Morgan fingerprint density at radius 2 is 2.20 bits per heavy atom. The number of alkyl halides is 2. The number of nitrogens with zero attached hydrogens (tertiary/aromatic N) is 2. The van der Waals surface area contributed by atoms with Crippen molar-refractivity contribution < 1.29 is 22.7 Å². The third-order valence-electron chi connectivity index (χ3n) is 2.33. The number of rotatable bonds is 7. The molecule has 8 heteroatoms. The van der Waals surface area contributed by atoms with Crippen LogP contribution in [0.1, 0.15) is 12.5 Å². The molecule has 0 fully saturated rings. The van der Waals surface area contributed by atoms with E-state index in [2.05, 4.69) is 20.3 Å². The monoisotopic (exact) mass is 285 g/mol. The van der Waals surface area contributed by atoms with E-state index in [0.29, 0.717) is 13.2 Å². The second kappa shape index (κ2) is 6.69. The van der Waals surface area contributed by atoms with Crippen LogP contribution in [-0.4, -0.2) is 23.4 Å². The SMILES string of the molecule is CCOc1cc(CNc2nnco2)ccc1OC(F)F. The van der Waals surface area contributed by atoms with Gasteiger partial charge in [0, 0.05) is 6.54 Å². The first-order valence-electron chi connectivity index (χ1n) is 5.89. The lowest BCUT2D eigenvalue weighted by atomic mass is 10.2.